The number of rotatable bonds is 7. The Bertz CT molecular complexity index is 887. The zero-order valence-electron chi connectivity index (χ0n) is 15.3. The van der Waals surface area contributed by atoms with Crippen LogP contribution < -0.4 is 5.73 Å². The number of para-hydroxylation sites is 1. The predicted octanol–water partition coefficient (Wildman–Crippen LogP) is 3.20. The third-order valence-electron chi connectivity index (χ3n) is 4.38. The van der Waals surface area contributed by atoms with Crippen molar-refractivity contribution in [1.82, 2.24) is 9.47 Å². The van der Waals surface area contributed by atoms with E-state index in [0.29, 0.717) is 18.7 Å². The number of carbonyl (C=O) groups excluding carboxylic acids is 1. The average molecular weight is 351 g/mol. The van der Waals surface area contributed by atoms with Crippen molar-refractivity contribution in [3.05, 3.63) is 65.9 Å². The van der Waals surface area contributed by atoms with Gasteiger partial charge < -0.3 is 19.9 Å². The minimum absolute atomic E-state index is 0.289. The van der Waals surface area contributed by atoms with Crippen LogP contribution in [0, 0.1) is 0 Å². The van der Waals surface area contributed by atoms with E-state index in [1.54, 1.807) is 0 Å². The smallest absolute Gasteiger partial charge is 0.338 e. The number of aromatic nitrogens is 1. The molecular formula is C21H25N3O2. The minimum Gasteiger partial charge on any atom is -0.462 e. The van der Waals surface area contributed by atoms with E-state index in [1.807, 2.05) is 50.4 Å². The van der Waals surface area contributed by atoms with Crippen molar-refractivity contribution in [2.75, 3.05) is 26.7 Å². The SMILES string of the molecule is CCOC(=O)c1ccc2c(c1)c(CN(C)CCN)cn2-c1ccccc1. The lowest BCUT2D eigenvalue weighted by atomic mass is 10.1. The molecule has 1 aromatic heterocycles. The van der Waals surface area contributed by atoms with Gasteiger partial charge in [0.15, 0.2) is 0 Å². The monoisotopic (exact) mass is 351 g/mol. The van der Waals surface area contributed by atoms with Crippen LogP contribution in [0.25, 0.3) is 16.6 Å². The molecule has 3 aromatic rings. The maximum absolute atomic E-state index is 12.1. The molecule has 2 aromatic carbocycles. The maximum Gasteiger partial charge on any atom is 0.338 e. The van der Waals surface area contributed by atoms with Crippen LogP contribution >= 0.6 is 0 Å². The molecule has 5 nitrogen and oxygen atoms in total. The molecule has 0 radical (unpaired) electrons. The molecule has 0 unspecified atom stereocenters. The number of likely N-dealkylation sites (N-methyl/N-ethyl adjacent to an activating group) is 1. The van der Waals surface area contributed by atoms with Crippen LogP contribution in [0.5, 0.6) is 0 Å². The molecule has 0 saturated carbocycles. The molecule has 0 aliphatic heterocycles. The molecule has 0 amide bonds. The molecule has 0 atom stereocenters. The summed E-state index contributed by atoms with van der Waals surface area (Å²) >= 11 is 0. The normalized spacial score (nSPS) is 11.2. The second-order valence-corrected chi connectivity index (χ2v) is 6.34. The van der Waals surface area contributed by atoms with Crippen molar-refractivity contribution in [2.45, 2.75) is 13.5 Å². The quantitative estimate of drug-likeness (QED) is 0.664. The Kier molecular flexibility index (Phi) is 5.71. The second-order valence-electron chi connectivity index (χ2n) is 6.34. The summed E-state index contributed by atoms with van der Waals surface area (Å²) in [5, 5.41) is 1.06. The van der Waals surface area contributed by atoms with Crippen LogP contribution in [0.3, 0.4) is 0 Å². The lowest BCUT2D eigenvalue weighted by Gasteiger charge is -2.14. The Labute approximate surface area is 154 Å². The minimum atomic E-state index is -0.289. The fourth-order valence-electron chi connectivity index (χ4n) is 3.16. The van der Waals surface area contributed by atoms with Crippen LogP contribution in [0.4, 0.5) is 0 Å². The highest BCUT2D eigenvalue weighted by Gasteiger charge is 2.15. The Morgan fingerprint density at radius 2 is 1.96 bits per heavy atom. The van der Waals surface area contributed by atoms with E-state index in [2.05, 4.69) is 27.8 Å². The number of fused-ring (bicyclic) bond motifs is 1. The third-order valence-corrected chi connectivity index (χ3v) is 4.38. The first kappa shape index (κ1) is 18.2. The van der Waals surface area contributed by atoms with E-state index in [9.17, 15) is 4.79 Å². The van der Waals surface area contributed by atoms with Crippen molar-refractivity contribution >= 4 is 16.9 Å². The standard InChI is InChI=1S/C21H25N3O2/c1-3-26-21(25)16-9-10-20-19(13-16)17(14-23(2)12-11-22)15-24(20)18-7-5-4-6-8-18/h4-10,13,15H,3,11-12,14,22H2,1-2H3. The van der Waals surface area contributed by atoms with Crippen molar-refractivity contribution in [1.29, 1.82) is 0 Å². The van der Waals surface area contributed by atoms with E-state index in [1.165, 1.54) is 0 Å². The number of esters is 1. The first-order valence-electron chi connectivity index (χ1n) is 8.89. The molecule has 0 aliphatic carbocycles. The van der Waals surface area contributed by atoms with Crippen LogP contribution in [0.1, 0.15) is 22.8 Å². The van der Waals surface area contributed by atoms with Gasteiger partial charge in [0.05, 0.1) is 17.7 Å². The van der Waals surface area contributed by atoms with Crippen LogP contribution in [0.15, 0.2) is 54.7 Å². The van der Waals surface area contributed by atoms with Gasteiger partial charge in [-0.2, -0.15) is 0 Å². The van der Waals surface area contributed by atoms with Gasteiger partial charge in [-0.15, -0.1) is 0 Å². The molecule has 26 heavy (non-hydrogen) atoms. The van der Waals surface area contributed by atoms with Gasteiger partial charge in [0, 0.05) is 36.9 Å². The molecular weight excluding hydrogens is 326 g/mol. The summed E-state index contributed by atoms with van der Waals surface area (Å²) in [6.07, 6.45) is 2.14. The molecule has 136 valence electrons. The molecule has 0 saturated heterocycles. The number of ether oxygens (including phenoxy) is 1. The second kappa shape index (κ2) is 8.17. The molecule has 0 fully saturated rings. The Morgan fingerprint density at radius 3 is 2.65 bits per heavy atom. The topological polar surface area (TPSA) is 60.5 Å². The Hall–Kier alpha value is -2.63. The Morgan fingerprint density at radius 1 is 1.19 bits per heavy atom. The summed E-state index contributed by atoms with van der Waals surface area (Å²) < 4.78 is 7.32. The number of nitrogens with two attached hydrogens (primary N) is 1. The van der Waals surface area contributed by atoms with Gasteiger partial charge >= 0.3 is 5.97 Å². The number of hydrogen-bond acceptors (Lipinski definition) is 4. The summed E-state index contributed by atoms with van der Waals surface area (Å²) in [6, 6.07) is 15.9. The van der Waals surface area contributed by atoms with Crippen molar-refractivity contribution in [3.8, 4) is 5.69 Å². The van der Waals surface area contributed by atoms with Gasteiger partial charge in [-0.05, 0) is 49.9 Å². The molecule has 0 aliphatic rings. The summed E-state index contributed by atoms with van der Waals surface area (Å²) in [5.41, 5.74) is 9.58. The van der Waals surface area contributed by atoms with Crippen molar-refractivity contribution in [3.63, 3.8) is 0 Å². The van der Waals surface area contributed by atoms with Gasteiger partial charge in [-0.3, -0.25) is 0 Å². The molecule has 0 spiro atoms. The maximum atomic E-state index is 12.1. The van der Waals surface area contributed by atoms with E-state index in [-0.39, 0.29) is 5.97 Å². The van der Waals surface area contributed by atoms with Crippen LogP contribution in [0.2, 0.25) is 0 Å². The van der Waals surface area contributed by atoms with Gasteiger partial charge in [-0.25, -0.2) is 4.79 Å². The van der Waals surface area contributed by atoms with Gasteiger partial charge in [0.25, 0.3) is 0 Å². The largest absolute Gasteiger partial charge is 0.462 e. The van der Waals surface area contributed by atoms with Crippen molar-refractivity contribution in [2.24, 2.45) is 5.73 Å². The lowest BCUT2D eigenvalue weighted by molar-refractivity contribution is 0.0526. The summed E-state index contributed by atoms with van der Waals surface area (Å²) in [4.78, 5) is 14.3. The molecule has 2 N–H and O–H groups in total. The van der Waals surface area contributed by atoms with Crippen LogP contribution in [-0.2, 0) is 11.3 Å². The van der Waals surface area contributed by atoms with Crippen LogP contribution in [-0.4, -0.2) is 42.2 Å². The first-order valence-corrected chi connectivity index (χ1v) is 8.89. The summed E-state index contributed by atoms with van der Waals surface area (Å²) in [5.74, 6) is -0.289. The van der Waals surface area contributed by atoms with Gasteiger partial charge in [-0.1, -0.05) is 18.2 Å². The first-order chi connectivity index (χ1) is 12.6. The fraction of sp³-hybridized carbons (Fsp3) is 0.286. The number of nitrogens with zero attached hydrogens (tertiary/aromatic N) is 2. The predicted molar refractivity (Wildman–Crippen MR) is 105 cm³/mol. The van der Waals surface area contributed by atoms with Gasteiger partial charge in [0.1, 0.15) is 0 Å². The number of hydrogen-bond donors (Lipinski definition) is 1. The summed E-state index contributed by atoms with van der Waals surface area (Å²) in [7, 11) is 2.05. The van der Waals surface area contributed by atoms with E-state index < -0.39 is 0 Å². The Balaban J connectivity index is 2.10. The average Bonchev–Trinajstić information content (AvgIpc) is 3.00. The van der Waals surface area contributed by atoms with Gasteiger partial charge in [0.2, 0.25) is 0 Å². The highest BCUT2D eigenvalue weighted by Crippen LogP contribution is 2.27. The molecule has 1 heterocycles. The molecule has 5 heteroatoms. The zero-order valence-corrected chi connectivity index (χ0v) is 15.3. The summed E-state index contributed by atoms with van der Waals surface area (Å²) in [6.45, 7) is 4.38. The van der Waals surface area contributed by atoms with Crippen molar-refractivity contribution < 1.29 is 9.53 Å². The number of carbonyl (C=O) groups is 1. The highest BCUT2D eigenvalue weighted by atomic mass is 16.5. The fourth-order valence-corrected chi connectivity index (χ4v) is 3.16. The van der Waals surface area contributed by atoms with E-state index in [0.717, 1.165) is 35.2 Å². The zero-order chi connectivity index (χ0) is 18.5. The van der Waals surface area contributed by atoms with E-state index in [4.69, 9.17) is 10.5 Å². The molecule has 0 bridgehead atoms. The highest BCUT2D eigenvalue weighted by molar-refractivity contribution is 5.96. The van der Waals surface area contributed by atoms with E-state index >= 15 is 0 Å². The number of benzene rings is 2. The lowest BCUT2D eigenvalue weighted by Crippen LogP contribution is -2.24. The molecule has 3 rings (SSSR count). The third kappa shape index (κ3) is 3.79.